The van der Waals surface area contributed by atoms with Gasteiger partial charge in [-0.2, -0.15) is 9.97 Å². The molecule has 0 fully saturated rings. The fraction of sp³-hybridized carbons (Fsp3) is 0.571. The summed E-state index contributed by atoms with van der Waals surface area (Å²) < 4.78 is 0. The molecule has 0 atom stereocenters. The summed E-state index contributed by atoms with van der Waals surface area (Å²) in [5.74, 6) is 1.03. The minimum absolute atomic E-state index is 0.0884. The van der Waals surface area contributed by atoms with Crippen molar-refractivity contribution in [2.45, 2.75) is 27.7 Å². The van der Waals surface area contributed by atoms with Crippen LogP contribution in [0, 0.1) is 0 Å². The van der Waals surface area contributed by atoms with Crippen LogP contribution >= 0.6 is 0 Å². The molecule has 18 heteroatoms. The molecule has 18 nitrogen and oxygen atoms in total. The quantitative estimate of drug-likeness (QED) is 0.232. The Kier molecular flexibility index (Phi) is 7.76. The van der Waals surface area contributed by atoms with Crippen LogP contribution in [0.3, 0.4) is 0 Å². The summed E-state index contributed by atoms with van der Waals surface area (Å²) in [6, 6.07) is 0. The summed E-state index contributed by atoms with van der Waals surface area (Å²) in [5, 5.41) is 53.9. The normalized spacial score (nSPS) is 11.4. The van der Waals surface area contributed by atoms with Crippen LogP contribution in [0.4, 0.5) is 35.7 Å². The molecule has 0 amide bonds. The number of H-pyrrole nitrogens is 2. The summed E-state index contributed by atoms with van der Waals surface area (Å²) in [4.78, 5) is 8.24. The third-order valence-corrected chi connectivity index (χ3v) is 3.87. The Morgan fingerprint density at radius 3 is 1.34 bits per heavy atom. The molecule has 0 aromatic carbocycles. The lowest BCUT2D eigenvalue weighted by Crippen LogP contribution is -2.14. The molecule has 0 saturated carbocycles. The van der Waals surface area contributed by atoms with E-state index < -0.39 is 0 Å². The molecular formula is C14H24N18. The van der Waals surface area contributed by atoms with E-state index in [4.69, 9.17) is 0 Å². The molecule has 4 N–H and O–H groups in total. The van der Waals surface area contributed by atoms with Gasteiger partial charge in [0.25, 0.3) is 35.7 Å². The Morgan fingerprint density at radius 2 is 1.00 bits per heavy atom. The van der Waals surface area contributed by atoms with Crippen molar-refractivity contribution in [3.05, 3.63) is 0 Å². The Hall–Kier alpha value is -4.38. The van der Waals surface area contributed by atoms with Crippen LogP contribution in [0.1, 0.15) is 27.7 Å². The van der Waals surface area contributed by atoms with Crippen molar-refractivity contribution < 1.29 is 0 Å². The molecule has 32 heavy (non-hydrogen) atoms. The van der Waals surface area contributed by atoms with Gasteiger partial charge in [-0.25, -0.2) is 10.2 Å². The highest BCUT2D eigenvalue weighted by atomic mass is 15.6. The van der Waals surface area contributed by atoms with Crippen LogP contribution in [0.15, 0.2) is 20.7 Å². The molecule has 3 rings (SSSR count). The number of anilines is 4. The molecule has 0 spiro atoms. The third-order valence-electron chi connectivity index (χ3n) is 3.87. The molecular weight excluding hydrogens is 420 g/mol. The standard InChI is InChI=1S/C14H24N18/c1-5-31(6-2)29-27-13-17-9(19-25-13)15-11-21-23-12(24-22-11)16-10-18-14(26-20-10)28-30-32(7-3)8-4/h5-8H2,1-4H3,(H2,15,17,19,21,22,25)(H2,16,18,20,23,24,26). The number of rotatable bonds is 12. The van der Waals surface area contributed by atoms with Gasteiger partial charge in [0.15, 0.2) is 0 Å². The molecule has 0 aliphatic carbocycles. The van der Waals surface area contributed by atoms with Crippen molar-refractivity contribution in [1.29, 1.82) is 0 Å². The smallest absolute Gasteiger partial charge is 0.269 e. The van der Waals surface area contributed by atoms with Crippen LogP contribution in [-0.2, 0) is 0 Å². The summed E-state index contributed by atoms with van der Waals surface area (Å²) in [7, 11) is 0. The zero-order chi connectivity index (χ0) is 22.8. The minimum Gasteiger partial charge on any atom is -0.289 e. The highest BCUT2D eigenvalue weighted by Crippen LogP contribution is 2.13. The average Bonchev–Trinajstić information content (AvgIpc) is 3.46. The molecule has 0 saturated heterocycles. The van der Waals surface area contributed by atoms with Gasteiger partial charge in [0, 0.05) is 26.2 Å². The van der Waals surface area contributed by atoms with Gasteiger partial charge in [-0.3, -0.25) is 20.7 Å². The summed E-state index contributed by atoms with van der Waals surface area (Å²) in [6.07, 6.45) is 0. The second-order valence-electron chi connectivity index (χ2n) is 5.92. The van der Waals surface area contributed by atoms with E-state index in [0.717, 1.165) is 26.2 Å². The van der Waals surface area contributed by atoms with Gasteiger partial charge in [0.05, 0.1) is 0 Å². The SMILES string of the molecule is CCN(CC)N=Nc1nc(Nc2nnc(Nc3n[nH]c(N=NN(CC)CC)n3)nn2)n[nH]1. The van der Waals surface area contributed by atoms with Crippen molar-refractivity contribution in [3.63, 3.8) is 0 Å². The zero-order valence-corrected chi connectivity index (χ0v) is 18.1. The lowest BCUT2D eigenvalue weighted by atomic mass is 10.6. The first-order valence-corrected chi connectivity index (χ1v) is 9.92. The van der Waals surface area contributed by atoms with Crippen molar-refractivity contribution in [2.75, 3.05) is 36.8 Å². The van der Waals surface area contributed by atoms with E-state index >= 15 is 0 Å². The molecule has 0 aliphatic heterocycles. The predicted octanol–water partition coefficient (Wildman–Crippen LogP) is 1.67. The van der Waals surface area contributed by atoms with Crippen molar-refractivity contribution in [2.24, 2.45) is 20.7 Å². The van der Waals surface area contributed by atoms with E-state index in [2.05, 4.69) is 82.1 Å². The fourth-order valence-corrected chi connectivity index (χ4v) is 2.15. The van der Waals surface area contributed by atoms with Crippen LogP contribution in [0.5, 0.6) is 0 Å². The number of hydrogen-bond acceptors (Lipinski definition) is 14. The summed E-state index contributed by atoms with van der Waals surface area (Å²) >= 11 is 0. The maximum Gasteiger partial charge on any atom is 0.269 e. The van der Waals surface area contributed by atoms with Crippen LogP contribution in [0.2, 0.25) is 0 Å². The highest BCUT2D eigenvalue weighted by Gasteiger charge is 2.09. The maximum atomic E-state index is 4.12. The summed E-state index contributed by atoms with van der Waals surface area (Å²) in [5.41, 5.74) is 0. The van der Waals surface area contributed by atoms with Crippen LogP contribution in [-0.4, -0.2) is 87.0 Å². The average molecular weight is 444 g/mol. The lowest BCUT2D eigenvalue weighted by molar-refractivity contribution is 0.300. The Balaban J connectivity index is 1.55. The van der Waals surface area contributed by atoms with E-state index in [0.29, 0.717) is 0 Å². The molecule has 0 radical (unpaired) electrons. The van der Waals surface area contributed by atoms with Gasteiger partial charge >= 0.3 is 0 Å². The minimum atomic E-state index is 0.0884. The van der Waals surface area contributed by atoms with Crippen molar-refractivity contribution in [1.82, 2.24) is 60.8 Å². The second-order valence-corrected chi connectivity index (χ2v) is 5.92. The third kappa shape index (κ3) is 6.31. The molecule has 3 heterocycles. The number of hydrogen-bond donors (Lipinski definition) is 4. The van der Waals surface area contributed by atoms with E-state index in [1.54, 1.807) is 10.0 Å². The second kappa shape index (κ2) is 11.1. The van der Waals surface area contributed by atoms with Crippen LogP contribution < -0.4 is 10.6 Å². The van der Waals surface area contributed by atoms with Gasteiger partial charge in [-0.1, -0.05) is 20.7 Å². The number of aromatic amines is 2. The fourth-order valence-electron chi connectivity index (χ4n) is 2.15. The Labute approximate surface area is 182 Å². The van der Waals surface area contributed by atoms with Gasteiger partial charge in [-0.05, 0) is 27.7 Å². The van der Waals surface area contributed by atoms with E-state index in [9.17, 15) is 0 Å². The van der Waals surface area contributed by atoms with Crippen molar-refractivity contribution >= 4 is 35.7 Å². The molecule has 170 valence electrons. The molecule has 3 aromatic rings. The van der Waals surface area contributed by atoms with Gasteiger partial charge in [0.2, 0.25) is 0 Å². The lowest BCUT2D eigenvalue weighted by Gasteiger charge is -2.10. The first-order valence-electron chi connectivity index (χ1n) is 9.92. The summed E-state index contributed by atoms with van der Waals surface area (Å²) in [6.45, 7) is 10.9. The number of aromatic nitrogens is 10. The number of nitrogens with one attached hydrogen (secondary N) is 4. The molecule has 3 aromatic heterocycles. The molecule has 0 aliphatic rings. The topological polar surface area (TPSA) is 215 Å². The Bertz CT molecular complexity index is 916. The zero-order valence-electron chi connectivity index (χ0n) is 18.1. The molecule has 0 bridgehead atoms. The first kappa shape index (κ1) is 22.3. The Morgan fingerprint density at radius 1 is 0.625 bits per heavy atom. The molecule has 0 unspecified atom stereocenters. The van der Waals surface area contributed by atoms with Crippen LogP contribution in [0.25, 0.3) is 0 Å². The number of nitrogens with zero attached hydrogens (tertiary/aromatic N) is 14. The monoisotopic (exact) mass is 444 g/mol. The van der Waals surface area contributed by atoms with E-state index in [1.807, 2.05) is 27.7 Å². The van der Waals surface area contributed by atoms with Crippen molar-refractivity contribution in [3.8, 4) is 0 Å². The van der Waals surface area contributed by atoms with Gasteiger partial charge in [-0.15, -0.1) is 30.6 Å². The first-order chi connectivity index (χ1) is 15.6. The van der Waals surface area contributed by atoms with Gasteiger partial charge in [0.1, 0.15) is 0 Å². The van der Waals surface area contributed by atoms with E-state index in [1.165, 1.54) is 0 Å². The largest absolute Gasteiger partial charge is 0.289 e. The predicted molar refractivity (Wildman–Crippen MR) is 112 cm³/mol. The van der Waals surface area contributed by atoms with Gasteiger partial charge < -0.3 is 0 Å². The van der Waals surface area contributed by atoms with E-state index in [-0.39, 0.29) is 35.7 Å². The maximum absolute atomic E-state index is 4.12. The highest BCUT2D eigenvalue weighted by molar-refractivity contribution is 5.45.